The lowest BCUT2D eigenvalue weighted by molar-refractivity contribution is 0.628. The number of rotatable bonds is 3. The van der Waals surface area contributed by atoms with E-state index in [4.69, 9.17) is 4.42 Å². The number of fused-ring (bicyclic) bond motifs is 1. The van der Waals surface area contributed by atoms with Crippen molar-refractivity contribution in [3.8, 4) is 11.3 Å². The van der Waals surface area contributed by atoms with Crippen molar-refractivity contribution in [2.45, 2.75) is 26.5 Å². The highest BCUT2D eigenvalue weighted by Gasteiger charge is 2.14. The first kappa shape index (κ1) is 14.3. The maximum atomic E-state index is 6.12. The summed E-state index contributed by atoms with van der Waals surface area (Å²) >= 11 is 1.85. The first-order valence-electron chi connectivity index (χ1n) is 7.18. The lowest BCUT2D eigenvalue weighted by Gasteiger charge is -2.07. The summed E-state index contributed by atoms with van der Waals surface area (Å²) < 4.78 is 6.12. The Labute approximate surface area is 130 Å². The Morgan fingerprint density at radius 2 is 1.81 bits per heavy atom. The molecular weight excluding hydrogens is 276 g/mol. The maximum Gasteiger partial charge on any atom is 0.138 e. The van der Waals surface area contributed by atoms with Crippen LogP contribution in [-0.2, 0) is 5.75 Å². The van der Waals surface area contributed by atoms with Crippen LogP contribution < -0.4 is 0 Å². The molecule has 3 rings (SSSR count). The summed E-state index contributed by atoms with van der Waals surface area (Å²) in [5.74, 6) is 2.06. The second-order valence-corrected chi connectivity index (χ2v) is 6.50. The molecule has 0 aliphatic carbocycles. The van der Waals surface area contributed by atoms with E-state index in [0.717, 1.165) is 17.1 Å². The van der Waals surface area contributed by atoms with Gasteiger partial charge in [-0.15, -0.1) is 0 Å². The molecule has 0 aliphatic heterocycles. The van der Waals surface area contributed by atoms with Crippen molar-refractivity contribution in [3.63, 3.8) is 0 Å². The molecule has 0 aliphatic rings. The largest absolute Gasteiger partial charge is 0.456 e. The van der Waals surface area contributed by atoms with Crippen molar-refractivity contribution in [2.24, 2.45) is 0 Å². The minimum Gasteiger partial charge on any atom is -0.456 e. The van der Waals surface area contributed by atoms with Gasteiger partial charge in [0.15, 0.2) is 0 Å². The first-order valence-corrected chi connectivity index (χ1v) is 8.58. The average molecular weight is 296 g/mol. The monoisotopic (exact) mass is 296 g/mol. The molecule has 3 aromatic rings. The van der Waals surface area contributed by atoms with Crippen LogP contribution in [0.2, 0.25) is 0 Å². The van der Waals surface area contributed by atoms with Gasteiger partial charge in [-0.05, 0) is 50.3 Å². The molecule has 0 saturated carbocycles. The lowest BCUT2D eigenvalue weighted by Crippen LogP contribution is -1.87. The van der Waals surface area contributed by atoms with Crippen LogP contribution in [0.25, 0.3) is 22.3 Å². The Morgan fingerprint density at radius 3 is 2.52 bits per heavy atom. The number of aryl methyl sites for hydroxylation is 3. The molecule has 0 unspecified atom stereocenters. The quantitative estimate of drug-likeness (QED) is 0.598. The molecular formula is C19H20OS. The molecule has 0 fully saturated rings. The van der Waals surface area contributed by atoms with Crippen LogP contribution in [-0.4, -0.2) is 6.26 Å². The van der Waals surface area contributed by atoms with Gasteiger partial charge in [0.25, 0.3) is 0 Å². The van der Waals surface area contributed by atoms with E-state index >= 15 is 0 Å². The van der Waals surface area contributed by atoms with Crippen molar-refractivity contribution in [3.05, 3.63) is 58.7 Å². The minimum absolute atomic E-state index is 0.973. The van der Waals surface area contributed by atoms with Gasteiger partial charge in [0, 0.05) is 22.3 Å². The lowest BCUT2D eigenvalue weighted by atomic mass is 10.0. The normalized spacial score (nSPS) is 11.2. The van der Waals surface area contributed by atoms with Crippen LogP contribution in [0, 0.1) is 20.8 Å². The highest BCUT2D eigenvalue weighted by Crippen LogP contribution is 2.35. The average Bonchev–Trinajstić information content (AvgIpc) is 2.77. The van der Waals surface area contributed by atoms with Crippen LogP contribution in [0.5, 0.6) is 0 Å². The molecule has 0 saturated heterocycles. The molecule has 0 spiro atoms. The Bertz CT molecular complexity index is 799. The first-order chi connectivity index (χ1) is 10.1. The zero-order valence-corrected chi connectivity index (χ0v) is 13.8. The third kappa shape index (κ3) is 2.60. The van der Waals surface area contributed by atoms with Crippen LogP contribution in [0.4, 0.5) is 0 Å². The summed E-state index contributed by atoms with van der Waals surface area (Å²) in [6.07, 6.45) is 2.13. The van der Waals surface area contributed by atoms with Gasteiger partial charge in [0.05, 0.1) is 0 Å². The third-order valence-corrected chi connectivity index (χ3v) is 4.56. The van der Waals surface area contributed by atoms with Gasteiger partial charge in [-0.2, -0.15) is 11.8 Å². The fourth-order valence-corrected chi connectivity index (χ4v) is 3.34. The highest BCUT2D eigenvalue weighted by molar-refractivity contribution is 7.97. The second-order valence-electron chi connectivity index (χ2n) is 5.64. The van der Waals surface area contributed by atoms with E-state index in [1.165, 1.54) is 33.2 Å². The van der Waals surface area contributed by atoms with Crippen LogP contribution in [0.15, 0.2) is 40.8 Å². The molecule has 21 heavy (non-hydrogen) atoms. The number of thioether (sulfide) groups is 1. The number of hydrogen-bond donors (Lipinski definition) is 0. The van der Waals surface area contributed by atoms with Gasteiger partial charge in [-0.25, -0.2) is 0 Å². The maximum absolute atomic E-state index is 6.12. The van der Waals surface area contributed by atoms with E-state index < -0.39 is 0 Å². The SMILES string of the molecule is CSCc1ccc(-c2oc3ccc(C)cc3c2C)c(C)c1. The van der Waals surface area contributed by atoms with Gasteiger partial charge in [0.1, 0.15) is 11.3 Å². The molecule has 0 amide bonds. The van der Waals surface area contributed by atoms with Crippen LogP contribution in [0.1, 0.15) is 22.3 Å². The molecule has 2 heteroatoms. The molecule has 0 N–H and O–H groups in total. The fraction of sp³-hybridized carbons (Fsp3) is 0.263. The van der Waals surface area contributed by atoms with Gasteiger partial charge >= 0.3 is 0 Å². The molecule has 1 aromatic heterocycles. The molecule has 0 bridgehead atoms. The summed E-state index contributed by atoms with van der Waals surface area (Å²) in [6, 6.07) is 13.0. The minimum atomic E-state index is 0.973. The Balaban J connectivity index is 2.14. The third-order valence-electron chi connectivity index (χ3n) is 3.94. The van der Waals surface area contributed by atoms with E-state index in [0.29, 0.717) is 0 Å². The second kappa shape index (κ2) is 5.61. The molecule has 0 radical (unpaired) electrons. The van der Waals surface area contributed by atoms with Gasteiger partial charge < -0.3 is 4.42 Å². The molecule has 1 nitrogen and oxygen atoms in total. The van der Waals surface area contributed by atoms with E-state index in [1.54, 1.807) is 0 Å². The standard InChI is InChI=1S/C19H20OS/c1-12-5-8-18-17(9-12)14(3)19(20-18)16-7-6-15(11-21-4)10-13(16)2/h5-10H,11H2,1-4H3. The van der Waals surface area contributed by atoms with E-state index in [9.17, 15) is 0 Å². The predicted octanol–water partition coefficient (Wildman–Crippen LogP) is 5.89. The Hall–Kier alpha value is -1.67. The Morgan fingerprint density at radius 1 is 1.00 bits per heavy atom. The van der Waals surface area contributed by atoms with Crippen LogP contribution >= 0.6 is 11.8 Å². The summed E-state index contributed by atoms with van der Waals surface area (Å²) in [5.41, 5.74) is 7.32. The fourth-order valence-electron chi connectivity index (χ4n) is 2.83. The topological polar surface area (TPSA) is 13.1 Å². The Kier molecular flexibility index (Phi) is 3.81. The van der Waals surface area contributed by atoms with Crippen molar-refractivity contribution < 1.29 is 4.42 Å². The zero-order chi connectivity index (χ0) is 15.0. The number of furan rings is 1. The van der Waals surface area contributed by atoms with Crippen molar-refractivity contribution in [1.82, 2.24) is 0 Å². The van der Waals surface area contributed by atoms with E-state index in [2.05, 4.69) is 63.4 Å². The molecule has 108 valence electrons. The number of benzene rings is 2. The van der Waals surface area contributed by atoms with Gasteiger partial charge in [0.2, 0.25) is 0 Å². The van der Waals surface area contributed by atoms with Gasteiger partial charge in [-0.3, -0.25) is 0 Å². The smallest absolute Gasteiger partial charge is 0.138 e. The van der Waals surface area contributed by atoms with Crippen molar-refractivity contribution in [2.75, 3.05) is 6.26 Å². The zero-order valence-electron chi connectivity index (χ0n) is 13.0. The molecule has 0 atom stereocenters. The number of hydrogen-bond acceptors (Lipinski definition) is 2. The highest BCUT2D eigenvalue weighted by atomic mass is 32.2. The van der Waals surface area contributed by atoms with E-state index in [-0.39, 0.29) is 0 Å². The van der Waals surface area contributed by atoms with Crippen molar-refractivity contribution in [1.29, 1.82) is 0 Å². The molecule has 1 heterocycles. The summed E-state index contributed by atoms with van der Waals surface area (Å²) in [5, 5.41) is 1.22. The predicted molar refractivity (Wildman–Crippen MR) is 93.1 cm³/mol. The van der Waals surface area contributed by atoms with Crippen LogP contribution in [0.3, 0.4) is 0 Å². The summed E-state index contributed by atoms with van der Waals surface area (Å²) in [6.45, 7) is 6.43. The van der Waals surface area contributed by atoms with E-state index in [1.807, 2.05) is 11.8 Å². The van der Waals surface area contributed by atoms with Crippen molar-refractivity contribution >= 4 is 22.7 Å². The summed E-state index contributed by atoms with van der Waals surface area (Å²) in [4.78, 5) is 0. The summed E-state index contributed by atoms with van der Waals surface area (Å²) in [7, 11) is 0. The molecule has 2 aromatic carbocycles. The van der Waals surface area contributed by atoms with Gasteiger partial charge in [-0.1, -0.05) is 29.8 Å².